The van der Waals surface area contributed by atoms with Crippen molar-refractivity contribution in [2.45, 2.75) is 50.1 Å². The number of aromatic nitrogens is 1. The highest BCUT2D eigenvalue weighted by Gasteiger charge is 2.51. The summed E-state index contributed by atoms with van der Waals surface area (Å²) in [4.78, 5) is 15.1. The third-order valence-electron chi connectivity index (χ3n) is 6.98. The number of nitrogens with zero attached hydrogens (tertiary/aromatic N) is 1. The Morgan fingerprint density at radius 1 is 0.931 bits per heavy atom. The maximum atomic E-state index is 12.5. The lowest BCUT2D eigenvalue weighted by Crippen LogP contribution is -2.48. The second kappa shape index (κ2) is 6.57. The van der Waals surface area contributed by atoms with Crippen molar-refractivity contribution in [3.63, 3.8) is 0 Å². The van der Waals surface area contributed by atoms with E-state index in [9.17, 15) is 18.0 Å². The molecule has 2 aromatic rings. The highest BCUT2D eigenvalue weighted by Crippen LogP contribution is 2.60. The lowest BCUT2D eigenvalue weighted by molar-refractivity contribution is -0.0885. The van der Waals surface area contributed by atoms with Crippen LogP contribution in [0.4, 0.5) is 13.2 Å². The van der Waals surface area contributed by atoms with E-state index in [1.807, 2.05) is 12.1 Å². The first-order valence-corrected chi connectivity index (χ1v) is 10.2. The van der Waals surface area contributed by atoms with Crippen LogP contribution in [0.1, 0.15) is 54.4 Å². The zero-order valence-corrected chi connectivity index (χ0v) is 15.9. The molecule has 0 amide bonds. The van der Waals surface area contributed by atoms with Gasteiger partial charge in [-0.3, -0.25) is 4.79 Å². The number of hydrogen-bond acceptors (Lipinski definition) is 3. The third kappa shape index (κ3) is 3.43. The molecule has 29 heavy (non-hydrogen) atoms. The number of rotatable bonds is 4. The Hall–Kier alpha value is -2.37. The number of carbonyl (C=O) groups is 1. The Kier molecular flexibility index (Phi) is 4.23. The van der Waals surface area contributed by atoms with Crippen LogP contribution in [0.5, 0.6) is 11.6 Å². The van der Waals surface area contributed by atoms with Gasteiger partial charge in [-0.15, -0.1) is 0 Å². The quantitative estimate of drug-likeness (QED) is 0.582. The van der Waals surface area contributed by atoms with E-state index in [4.69, 9.17) is 4.74 Å². The van der Waals surface area contributed by atoms with E-state index < -0.39 is 17.5 Å². The van der Waals surface area contributed by atoms with Gasteiger partial charge in [0.05, 0.1) is 0 Å². The molecule has 0 unspecified atom stereocenters. The highest BCUT2D eigenvalue weighted by atomic mass is 19.4. The second-order valence-electron chi connectivity index (χ2n) is 9.04. The number of ketones is 1. The van der Waals surface area contributed by atoms with Crippen LogP contribution in [0.25, 0.3) is 0 Å². The maximum Gasteiger partial charge on any atom is 0.454 e. The van der Waals surface area contributed by atoms with Crippen molar-refractivity contribution in [1.29, 1.82) is 0 Å². The van der Waals surface area contributed by atoms with Gasteiger partial charge in [-0.2, -0.15) is 13.2 Å². The average Bonchev–Trinajstić information content (AvgIpc) is 2.67. The molecule has 1 heterocycles. The van der Waals surface area contributed by atoms with Crippen LogP contribution in [-0.2, 0) is 5.41 Å². The van der Waals surface area contributed by atoms with E-state index in [2.05, 4.69) is 17.1 Å². The summed E-state index contributed by atoms with van der Waals surface area (Å²) in [6.07, 6.45) is 4.06. The largest absolute Gasteiger partial charge is 0.454 e. The van der Waals surface area contributed by atoms with Crippen LogP contribution < -0.4 is 4.74 Å². The highest BCUT2D eigenvalue weighted by molar-refractivity contribution is 5.99. The summed E-state index contributed by atoms with van der Waals surface area (Å²) in [5.41, 5.74) is 1.19. The van der Waals surface area contributed by atoms with Gasteiger partial charge >= 0.3 is 6.18 Å². The van der Waals surface area contributed by atoms with E-state index in [1.54, 1.807) is 0 Å². The predicted molar refractivity (Wildman–Crippen MR) is 101 cm³/mol. The van der Waals surface area contributed by atoms with Gasteiger partial charge in [-0.1, -0.05) is 12.1 Å². The summed E-state index contributed by atoms with van der Waals surface area (Å²) in [5.74, 6) is 1.46. The summed E-state index contributed by atoms with van der Waals surface area (Å²) < 4.78 is 43.1. The fourth-order valence-electron chi connectivity index (χ4n) is 6.20. The van der Waals surface area contributed by atoms with Gasteiger partial charge in [-0.25, -0.2) is 4.98 Å². The first-order chi connectivity index (χ1) is 13.8. The fourth-order valence-corrected chi connectivity index (χ4v) is 6.20. The van der Waals surface area contributed by atoms with E-state index >= 15 is 0 Å². The lowest BCUT2D eigenvalue weighted by Gasteiger charge is -2.57. The summed E-state index contributed by atoms with van der Waals surface area (Å²) in [7, 11) is 0. The van der Waals surface area contributed by atoms with Crippen LogP contribution in [-0.4, -0.2) is 16.9 Å². The van der Waals surface area contributed by atoms with Crippen molar-refractivity contribution in [2.24, 2.45) is 17.8 Å². The van der Waals surface area contributed by atoms with Crippen LogP contribution in [0.2, 0.25) is 0 Å². The molecule has 1 aromatic heterocycles. The van der Waals surface area contributed by atoms with Crippen LogP contribution in [0.15, 0.2) is 42.6 Å². The van der Waals surface area contributed by atoms with Crippen molar-refractivity contribution in [3.05, 3.63) is 53.7 Å². The minimum Gasteiger partial charge on any atom is -0.439 e. The molecule has 0 radical (unpaired) electrons. The normalized spacial score (nSPS) is 30.4. The monoisotopic (exact) mass is 401 g/mol. The van der Waals surface area contributed by atoms with Gasteiger partial charge in [0.2, 0.25) is 5.88 Å². The first kappa shape index (κ1) is 18.6. The van der Waals surface area contributed by atoms with Gasteiger partial charge in [0.1, 0.15) is 5.75 Å². The molecule has 0 atom stereocenters. The molecular formula is C23H22F3NO2. The van der Waals surface area contributed by atoms with Crippen molar-refractivity contribution in [1.82, 2.24) is 4.98 Å². The molecule has 1 aromatic carbocycles. The van der Waals surface area contributed by atoms with Crippen molar-refractivity contribution in [2.75, 3.05) is 0 Å². The molecule has 0 aliphatic heterocycles. The molecule has 152 valence electrons. The number of benzene rings is 1. The third-order valence-corrected chi connectivity index (χ3v) is 6.98. The molecule has 0 spiro atoms. The number of ether oxygens (including phenoxy) is 1. The zero-order chi connectivity index (χ0) is 20.2. The zero-order valence-electron chi connectivity index (χ0n) is 15.9. The Balaban J connectivity index is 1.30. The minimum atomic E-state index is -4.91. The molecule has 0 saturated heterocycles. The second-order valence-corrected chi connectivity index (χ2v) is 9.04. The number of carbonyl (C=O) groups excluding carboxylic acids is 1. The van der Waals surface area contributed by atoms with Crippen molar-refractivity contribution in [3.8, 4) is 11.6 Å². The topological polar surface area (TPSA) is 39.2 Å². The lowest BCUT2D eigenvalue weighted by atomic mass is 9.48. The van der Waals surface area contributed by atoms with Gasteiger partial charge in [0.25, 0.3) is 5.78 Å². The smallest absolute Gasteiger partial charge is 0.439 e. The van der Waals surface area contributed by atoms with Crippen LogP contribution in [0.3, 0.4) is 0 Å². The number of hydrogen-bond donors (Lipinski definition) is 0. The van der Waals surface area contributed by atoms with E-state index in [-0.39, 0.29) is 5.88 Å². The summed E-state index contributed by atoms with van der Waals surface area (Å²) >= 11 is 0. The SMILES string of the molecule is O=C(c1ccc(Oc2ccc(C34CC5CC(CC(C5)C3)C4)cc2)nc1)C(F)(F)F. The van der Waals surface area contributed by atoms with Gasteiger partial charge in [0.15, 0.2) is 0 Å². The summed E-state index contributed by atoms with van der Waals surface area (Å²) in [6.45, 7) is 0. The Morgan fingerprint density at radius 2 is 1.52 bits per heavy atom. The summed E-state index contributed by atoms with van der Waals surface area (Å²) in [5, 5.41) is 0. The Bertz CT molecular complexity index is 883. The fraction of sp³-hybridized carbons (Fsp3) is 0.478. The maximum absolute atomic E-state index is 12.5. The van der Waals surface area contributed by atoms with Gasteiger partial charge < -0.3 is 4.74 Å². The Labute approximate surface area is 167 Å². The molecule has 4 aliphatic rings. The van der Waals surface area contributed by atoms with Gasteiger partial charge in [-0.05, 0) is 85.5 Å². The molecule has 4 aliphatic carbocycles. The first-order valence-electron chi connectivity index (χ1n) is 10.2. The molecule has 6 rings (SSSR count). The number of Topliss-reactive ketones (excluding diaryl/α,β-unsaturated/α-hetero) is 1. The predicted octanol–water partition coefficient (Wildman–Crippen LogP) is 6.09. The summed E-state index contributed by atoms with van der Waals surface area (Å²) in [6, 6.07) is 10.4. The van der Waals surface area contributed by atoms with E-state index in [0.717, 1.165) is 30.0 Å². The number of halogens is 3. The average molecular weight is 401 g/mol. The number of alkyl halides is 3. The molecule has 4 bridgehead atoms. The molecule has 6 heteroatoms. The van der Waals surface area contributed by atoms with Crippen molar-refractivity contribution < 1.29 is 22.7 Å². The molecule has 0 N–H and O–H groups in total. The van der Waals surface area contributed by atoms with Crippen LogP contribution in [0, 0.1) is 17.8 Å². The number of pyridine rings is 1. The van der Waals surface area contributed by atoms with Crippen molar-refractivity contribution >= 4 is 5.78 Å². The van der Waals surface area contributed by atoms with Gasteiger partial charge in [0, 0.05) is 17.8 Å². The molecule has 4 fully saturated rings. The minimum absolute atomic E-state index is 0.159. The van der Waals surface area contributed by atoms with Crippen LogP contribution >= 0.6 is 0 Å². The molecule has 4 saturated carbocycles. The molecular weight excluding hydrogens is 379 g/mol. The standard InChI is InChI=1S/C23H22F3NO2/c24-23(25,26)21(28)17-1-6-20(27-13-17)29-19-4-2-18(3-5-19)22-10-14-7-15(11-22)9-16(8-14)12-22/h1-6,13-16H,7-12H2. The van der Waals surface area contributed by atoms with E-state index in [0.29, 0.717) is 11.2 Å². The molecule has 3 nitrogen and oxygen atoms in total. The van der Waals surface area contributed by atoms with E-state index in [1.165, 1.54) is 50.2 Å². The Morgan fingerprint density at radius 3 is 2.00 bits per heavy atom.